The minimum absolute atomic E-state index is 0.0194. The Bertz CT molecular complexity index is 809. The minimum atomic E-state index is -4.34. The summed E-state index contributed by atoms with van der Waals surface area (Å²) in [6, 6.07) is 11.5. The lowest BCUT2D eigenvalue weighted by Gasteiger charge is -2.22. The van der Waals surface area contributed by atoms with Crippen molar-refractivity contribution in [3.8, 4) is 11.5 Å². The first-order valence-electron chi connectivity index (χ1n) is 9.81. The van der Waals surface area contributed by atoms with Crippen LogP contribution in [0.15, 0.2) is 48.5 Å². The Balaban J connectivity index is 1.27. The van der Waals surface area contributed by atoms with Crippen molar-refractivity contribution in [3.63, 3.8) is 0 Å². The lowest BCUT2D eigenvalue weighted by molar-refractivity contribution is -0.137. The molecule has 0 aromatic heterocycles. The molecule has 2 N–H and O–H groups in total. The number of alkyl halides is 3. The molecule has 4 atom stereocenters. The summed E-state index contributed by atoms with van der Waals surface area (Å²) < 4.78 is 43.9. The van der Waals surface area contributed by atoms with Gasteiger partial charge in [0.25, 0.3) is 0 Å². The summed E-state index contributed by atoms with van der Waals surface area (Å²) in [5.74, 6) is 1.60. The molecule has 2 aliphatic rings. The Morgan fingerprint density at radius 1 is 0.966 bits per heavy atom. The predicted octanol–water partition coefficient (Wildman–Crippen LogP) is 4.23. The molecule has 2 aromatic rings. The van der Waals surface area contributed by atoms with Gasteiger partial charge in [-0.05, 0) is 66.6 Å². The zero-order chi connectivity index (χ0) is 20.6. The van der Waals surface area contributed by atoms with Gasteiger partial charge in [0, 0.05) is 19.6 Å². The number of hydrogen-bond donors (Lipinski definition) is 2. The fourth-order valence-electron chi connectivity index (χ4n) is 4.55. The molecular weight excluding hydrogens is 383 g/mol. The van der Waals surface area contributed by atoms with Gasteiger partial charge in [0.15, 0.2) is 0 Å². The van der Waals surface area contributed by atoms with Crippen molar-refractivity contribution in [2.24, 2.45) is 11.8 Å². The molecule has 2 fully saturated rings. The molecule has 2 aromatic carbocycles. The molecule has 29 heavy (non-hydrogen) atoms. The summed E-state index contributed by atoms with van der Waals surface area (Å²) in [6.07, 6.45) is -3.17. The number of fused-ring (bicyclic) bond motifs is 1. The molecule has 1 heterocycles. The van der Waals surface area contributed by atoms with Gasteiger partial charge >= 0.3 is 6.18 Å². The van der Waals surface area contributed by atoms with Crippen molar-refractivity contribution < 1.29 is 28.1 Å². The third kappa shape index (κ3) is 4.67. The van der Waals surface area contributed by atoms with Crippen LogP contribution in [0.3, 0.4) is 0 Å². The number of halogens is 3. The molecule has 0 bridgehead atoms. The fraction of sp³-hybridized carbons (Fsp3) is 0.455. The van der Waals surface area contributed by atoms with Gasteiger partial charge in [-0.1, -0.05) is 12.1 Å². The molecule has 4 rings (SSSR count). The first-order chi connectivity index (χ1) is 13.8. The molecule has 0 amide bonds. The zero-order valence-corrected chi connectivity index (χ0v) is 15.8. The number of phenols is 1. The summed E-state index contributed by atoms with van der Waals surface area (Å²) in [5, 5.41) is 19.8. The van der Waals surface area contributed by atoms with Crippen LogP contribution in [-0.4, -0.2) is 40.9 Å². The van der Waals surface area contributed by atoms with Gasteiger partial charge < -0.3 is 14.9 Å². The number of β-amino-alcohol motifs (C(OH)–C–C–N with tert-alkyl or cyclic N) is 1. The van der Waals surface area contributed by atoms with Gasteiger partial charge in [0.1, 0.15) is 11.5 Å². The van der Waals surface area contributed by atoms with E-state index in [0.717, 1.165) is 43.6 Å². The van der Waals surface area contributed by atoms with E-state index in [9.17, 15) is 23.4 Å². The molecule has 1 saturated heterocycles. The van der Waals surface area contributed by atoms with Crippen molar-refractivity contribution in [1.82, 2.24) is 4.90 Å². The Kier molecular flexibility index (Phi) is 5.44. The van der Waals surface area contributed by atoms with E-state index in [1.807, 2.05) is 0 Å². The van der Waals surface area contributed by atoms with Crippen LogP contribution in [0.25, 0.3) is 0 Å². The molecule has 4 nitrogen and oxygen atoms in total. The fourth-order valence-corrected chi connectivity index (χ4v) is 4.55. The van der Waals surface area contributed by atoms with Gasteiger partial charge in [-0.15, -0.1) is 0 Å². The molecule has 1 aliphatic carbocycles. The maximum Gasteiger partial charge on any atom is 0.416 e. The number of phenolic OH excluding ortho intramolecular Hbond substituents is 1. The lowest BCUT2D eigenvalue weighted by atomic mass is 10.0. The number of rotatable bonds is 5. The van der Waals surface area contributed by atoms with Gasteiger partial charge in [-0.2, -0.15) is 13.2 Å². The number of aliphatic hydroxyl groups is 1. The third-order valence-electron chi connectivity index (χ3n) is 5.98. The van der Waals surface area contributed by atoms with Crippen LogP contribution >= 0.6 is 0 Å². The standard InChI is InChI=1S/C22H24F3NO3/c23-22(24,25)17-3-7-19(8-4-17)29-20-9-15-11-26(12-16(15)10-20)13-21(28)14-1-5-18(27)6-2-14/h1-8,15-16,20-21,27-28H,9-13H2/t15-,16+,20?,21?. The number of aliphatic hydroxyl groups excluding tert-OH is 1. The Morgan fingerprint density at radius 3 is 2.10 bits per heavy atom. The van der Waals surface area contributed by atoms with E-state index in [1.54, 1.807) is 24.3 Å². The monoisotopic (exact) mass is 407 g/mol. The van der Waals surface area contributed by atoms with Gasteiger partial charge in [-0.3, -0.25) is 4.90 Å². The Morgan fingerprint density at radius 2 is 1.55 bits per heavy atom. The van der Waals surface area contributed by atoms with E-state index < -0.39 is 17.8 Å². The minimum Gasteiger partial charge on any atom is -0.508 e. The first-order valence-corrected chi connectivity index (χ1v) is 9.81. The lowest BCUT2D eigenvalue weighted by Crippen LogP contribution is -2.28. The van der Waals surface area contributed by atoms with Gasteiger partial charge in [0.05, 0.1) is 17.8 Å². The molecule has 0 spiro atoms. The second kappa shape index (κ2) is 7.88. The smallest absolute Gasteiger partial charge is 0.416 e. The highest BCUT2D eigenvalue weighted by Crippen LogP contribution is 2.40. The topological polar surface area (TPSA) is 52.9 Å². The van der Waals surface area contributed by atoms with Gasteiger partial charge in [-0.25, -0.2) is 0 Å². The Labute approximate surface area is 167 Å². The van der Waals surface area contributed by atoms with Crippen LogP contribution in [0.1, 0.15) is 30.1 Å². The number of benzene rings is 2. The summed E-state index contributed by atoms with van der Waals surface area (Å²) >= 11 is 0. The predicted molar refractivity (Wildman–Crippen MR) is 102 cm³/mol. The van der Waals surface area contributed by atoms with E-state index in [1.165, 1.54) is 12.1 Å². The van der Waals surface area contributed by atoms with Crippen molar-refractivity contribution >= 4 is 0 Å². The van der Waals surface area contributed by atoms with Crippen LogP contribution < -0.4 is 4.74 Å². The quantitative estimate of drug-likeness (QED) is 0.779. The number of hydrogen-bond acceptors (Lipinski definition) is 4. The second-order valence-electron chi connectivity index (χ2n) is 8.08. The normalized spacial score (nSPS) is 25.7. The van der Waals surface area contributed by atoms with E-state index in [-0.39, 0.29) is 11.9 Å². The highest BCUT2D eigenvalue weighted by atomic mass is 19.4. The molecule has 0 radical (unpaired) electrons. The molecule has 1 saturated carbocycles. The number of nitrogens with zero attached hydrogens (tertiary/aromatic N) is 1. The molecule has 1 aliphatic heterocycles. The summed E-state index contributed by atoms with van der Waals surface area (Å²) in [6.45, 7) is 2.31. The van der Waals surface area contributed by atoms with Crippen LogP contribution in [0.5, 0.6) is 11.5 Å². The van der Waals surface area contributed by atoms with E-state index in [2.05, 4.69) is 4.90 Å². The highest BCUT2D eigenvalue weighted by Gasteiger charge is 2.42. The van der Waals surface area contributed by atoms with Crippen LogP contribution in [-0.2, 0) is 6.18 Å². The molecule has 2 unspecified atom stereocenters. The number of likely N-dealkylation sites (tertiary alicyclic amines) is 1. The van der Waals surface area contributed by atoms with Crippen LogP contribution in [0.2, 0.25) is 0 Å². The largest absolute Gasteiger partial charge is 0.508 e. The van der Waals surface area contributed by atoms with E-state index in [4.69, 9.17) is 4.74 Å². The van der Waals surface area contributed by atoms with Crippen molar-refractivity contribution in [1.29, 1.82) is 0 Å². The molecular formula is C22H24F3NO3. The molecule has 7 heteroatoms. The van der Waals surface area contributed by atoms with Crippen molar-refractivity contribution in [3.05, 3.63) is 59.7 Å². The average molecular weight is 407 g/mol. The Hall–Kier alpha value is -2.25. The number of aromatic hydroxyl groups is 1. The third-order valence-corrected chi connectivity index (χ3v) is 5.98. The maximum absolute atomic E-state index is 12.7. The first kappa shape index (κ1) is 20.0. The van der Waals surface area contributed by atoms with Crippen LogP contribution in [0, 0.1) is 11.8 Å². The van der Waals surface area contributed by atoms with Crippen LogP contribution in [0.4, 0.5) is 13.2 Å². The maximum atomic E-state index is 12.7. The van der Waals surface area contributed by atoms with Gasteiger partial charge in [0.2, 0.25) is 0 Å². The summed E-state index contributed by atoms with van der Waals surface area (Å²) in [5.41, 5.74) is 0.111. The SMILES string of the molecule is Oc1ccc(C(O)CN2C[C@H]3CC(Oc4ccc(C(F)(F)F)cc4)C[C@H]3C2)cc1. The molecule has 156 valence electrons. The summed E-state index contributed by atoms with van der Waals surface area (Å²) in [7, 11) is 0. The number of ether oxygens (including phenoxy) is 1. The van der Waals surface area contributed by atoms with E-state index >= 15 is 0 Å². The summed E-state index contributed by atoms with van der Waals surface area (Å²) in [4.78, 5) is 2.25. The second-order valence-corrected chi connectivity index (χ2v) is 8.08. The highest BCUT2D eigenvalue weighted by molar-refractivity contribution is 5.29. The average Bonchev–Trinajstić information content (AvgIpc) is 3.19. The van der Waals surface area contributed by atoms with E-state index in [0.29, 0.717) is 24.1 Å². The van der Waals surface area contributed by atoms with Crippen molar-refractivity contribution in [2.75, 3.05) is 19.6 Å². The zero-order valence-electron chi connectivity index (χ0n) is 15.8. The van der Waals surface area contributed by atoms with Crippen molar-refractivity contribution in [2.45, 2.75) is 31.2 Å².